The molecule has 1 saturated carbocycles. The van der Waals surface area contributed by atoms with Gasteiger partial charge in [-0.1, -0.05) is 0 Å². The summed E-state index contributed by atoms with van der Waals surface area (Å²) in [6, 6.07) is 0.917. The van der Waals surface area contributed by atoms with Gasteiger partial charge < -0.3 is 19.9 Å². The highest BCUT2D eigenvalue weighted by Crippen LogP contribution is 2.39. The van der Waals surface area contributed by atoms with Gasteiger partial charge in [-0.05, 0) is 18.9 Å². The second-order valence-electron chi connectivity index (χ2n) is 6.47. The number of fused-ring (bicyclic) bond motifs is 1. The van der Waals surface area contributed by atoms with Gasteiger partial charge in [-0.15, -0.1) is 12.4 Å². The molecular formula is C17H18ClF2N3O3. The van der Waals surface area contributed by atoms with E-state index >= 15 is 4.39 Å². The number of carboxylic acids is 1. The predicted octanol–water partition coefficient (Wildman–Crippen LogP) is 2.14. The summed E-state index contributed by atoms with van der Waals surface area (Å²) in [4.78, 5) is 25.4. The Morgan fingerprint density at radius 1 is 1.23 bits per heavy atom. The number of carboxylic acid groups (broad SMARTS) is 1. The zero-order chi connectivity index (χ0) is 17.7. The van der Waals surface area contributed by atoms with Gasteiger partial charge in [0.05, 0.1) is 10.9 Å². The van der Waals surface area contributed by atoms with Crippen LogP contribution in [0.2, 0.25) is 0 Å². The maximum Gasteiger partial charge on any atom is 0.341 e. The van der Waals surface area contributed by atoms with Crippen LogP contribution in [0.1, 0.15) is 29.2 Å². The number of benzene rings is 1. The quantitative estimate of drug-likeness (QED) is 0.846. The van der Waals surface area contributed by atoms with Crippen molar-refractivity contribution in [3.63, 3.8) is 0 Å². The number of hydrogen-bond acceptors (Lipinski definition) is 4. The van der Waals surface area contributed by atoms with E-state index in [-0.39, 0.29) is 35.0 Å². The molecule has 2 heterocycles. The number of rotatable bonds is 3. The maximum atomic E-state index is 15.3. The van der Waals surface area contributed by atoms with Crippen LogP contribution in [0.25, 0.3) is 10.9 Å². The molecule has 1 aliphatic heterocycles. The molecule has 1 saturated heterocycles. The lowest BCUT2D eigenvalue weighted by Crippen LogP contribution is -2.44. The topological polar surface area (TPSA) is 74.6 Å². The number of aromatic carboxylic acids is 1. The van der Waals surface area contributed by atoms with Gasteiger partial charge in [0.25, 0.3) is 0 Å². The van der Waals surface area contributed by atoms with E-state index in [0.29, 0.717) is 26.2 Å². The van der Waals surface area contributed by atoms with E-state index in [4.69, 9.17) is 0 Å². The van der Waals surface area contributed by atoms with Crippen LogP contribution in [0.3, 0.4) is 0 Å². The predicted molar refractivity (Wildman–Crippen MR) is 95.7 cm³/mol. The van der Waals surface area contributed by atoms with Crippen molar-refractivity contribution in [3.05, 3.63) is 39.7 Å². The molecular weight excluding hydrogens is 368 g/mol. The molecule has 1 aromatic carbocycles. The highest BCUT2D eigenvalue weighted by atomic mass is 35.5. The van der Waals surface area contributed by atoms with E-state index in [2.05, 4.69) is 5.32 Å². The number of aromatic nitrogens is 1. The number of carbonyl (C=O) groups is 1. The third kappa shape index (κ3) is 2.93. The Bertz CT molecular complexity index is 937. The van der Waals surface area contributed by atoms with Crippen molar-refractivity contribution in [2.24, 2.45) is 0 Å². The van der Waals surface area contributed by atoms with E-state index in [1.165, 1.54) is 10.8 Å². The largest absolute Gasteiger partial charge is 0.477 e. The van der Waals surface area contributed by atoms with Crippen molar-refractivity contribution in [1.29, 1.82) is 0 Å². The molecule has 0 atom stereocenters. The molecule has 9 heteroatoms. The fraction of sp³-hybridized carbons (Fsp3) is 0.412. The summed E-state index contributed by atoms with van der Waals surface area (Å²) in [5.74, 6) is -3.03. The second-order valence-corrected chi connectivity index (χ2v) is 6.47. The van der Waals surface area contributed by atoms with Crippen molar-refractivity contribution >= 4 is 35.0 Å². The van der Waals surface area contributed by atoms with Crippen molar-refractivity contribution in [3.8, 4) is 0 Å². The van der Waals surface area contributed by atoms with E-state index in [9.17, 15) is 19.1 Å². The molecule has 2 aromatic rings. The Balaban J connectivity index is 0.00000196. The molecule has 2 N–H and O–H groups in total. The number of hydrogen-bond donors (Lipinski definition) is 2. The smallest absolute Gasteiger partial charge is 0.341 e. The normalized spacial score (nSPS) is 17.2. The Morgan fingerprint density at radius 2 is 1.88 bits per heavy atom. The van der Waals surface area contributed by atoms with Crippen LogP contribution >= 0.6 is 12.4 Å². The fourth-order valence-electron chi connectivity index (χ4n) is 3.40. The van der Waals surface area contributed by atoms with Crippen molar-refractivity contribution in [2.75, 3.05) is 31.1 Å². The summed E-state index contributed by atoms with van der Waals surface area (Å²) >= 11 is 0. The van der Waals surface area contributed by atoms with E-state index in [1.807, 2.05) is 0 Å². The zero-order valence-electron chi connectivity index (χ0n) is 13.8. The SMILES string of the molecule is Cl.O=C(O)c1cn(C2CC2)c2c(F)c(N3CCNCC3)c(F)cc2c1=O. The molecule has 0 spiro atoms. The molecule has 6 nitrogen and oxygen atoms in total. The third-order valence-electron chi connectivity index (χ3n) is 4.79. The molecule has 0 amide bonds. The summed E-state index contributed by atoms with van der Waals surface area (Å²) in [6.45, 7) is 2.15. The molecule has 2 aliphatic rings. The third-order valence-corrected chi connectivity index (χ3v) is 4.79. The minimum Gasteiger partial charge on any atom is -0.477 e. The first-order valence-electron chi connectivity index (χ1n) is 8.25. The lowest BCUT2D eigenvalue weighted by molar-refractivity contribution is 0.0695. The van der Waals surface area contributed by atoms with E-state index < -0.39 is 28.6 Å². The van der Waals surface area contributed by atoms with Gasteiger partial charge in [-0.2, -0.15) is 0 Å². The fourth-order valence-corrected chi connectivity index (χ4v) is 3.40. The van der Waals surface area contributed by atoms with Crippen LogP contribution in [0.4, 0.5) is 14.5 Å². The summed E-state index contributed by atoms with van der Waals surface area (Å²) in [5.41, 5.74) is -1.48. The Morgan fingerprint density at radius 3 is 2.46 bits per heavy atom. The highest BCUT2D eigenvalue weighted by molar-refractivity contribution is 5.94. The molecule has 0 unspecified atom stereocenters. The van der Waals surface area contributed by atoms with E-state index in [0.717, 1.165) is 18.9 Å². The van der Waals surface area contributed by atoms with Gasteiger partial charge in [0.1, 0.15) is 17.1 Å². The minimum atomic E-state index is -1.40. The molecule has 0 radical (unpaired) electrons. The molecule has 4 rings (SSSR count). The summed E-state index contributed by atoms with van der Waals surface area (Å²) in [5, 5.41) is 12.1. The maximum absolute atomic E-state index is 15.3. The summed E-state index contributed by atoms with van der Waals surface area (Å²) in [6.07, 6.45) is 2.74. The molecule has 26 heavy (non-hydrogen) atoms. The van der Waals surface area contributed by atoms with Crippen LogP contribution in [0.5, 0.6) is 0 Å². The van der Waals surface area contributed by atoms with Crippen molar-refractivity contribution in [1.82, 2.24) is 9.88 Å². The number of anilines is 1. The summed E-state index contributed by atoms with van der Waals surface area (Å²) < 4.78 is 31.4. The van der Waals surface area contributed by atoms with Gasteiger partial charge in [0.15, 0.2) is 5.82 Å². The number of piperazine rings is 1. The lowest BCUT2D eigenvalue weighted by atomic mass is 10.1. The zero-order valence-corrected chi connectivity index (χ0v) is 14.6. The number of nitrogens with zero attached hydrogens (tertiary/aromatic N) is 2. The van der Waals surface area contributed by atoms with Crippen LogP contribution in [-0.2, 0) is 0 Å². The second kappa shape index (κ2) is 6.85. The molecule has 2 fully saturated rings. The Kier molecular flexibility index (Phi) is 4.90. The number of nitrogens with one attached hydrogen (secondary N) is 1. The summed E-state index contributed by atoms with van der Waals surface area (Å²) in [7, 11) is 0. The lowest BCUT2D eigenvalue weighted by Gasteiger charge is -2.30. The monoisotopic (exact) mass is 385 g/mol. The van der Waals surface area contributed by atoms with Gasteiger partial charge >= 0.3 is 5.97 Å². The first-order valence-corrected chi connectivity index (χ1v) is 8.25. The average molecular weight is 386 g/mol. The first kappa shape index (κ1) is 18.6. The van der Waals surface area contributed by atoms with Crippen LogP contribution in [0.15, 0.2) is 17.1 Å². The van der Waals surface area contributed by atoms with E-state index in [1.54, 1.807) is 4.90 Å². The highest BCUT2D eigenvalue weighted by Gasteiger charge is 2.31. The number of halogens is 3. The van der Waals surface area contributed by atoms with Crippen LogP contribution in [-0.4, -0.2) is 41.8 Å². The standard InChI is InChI=1S/C17H17F2N3O3.ClH/c18-12-7-10-14(13(19)15(12)21-5-3-20-4-6-21)22(9-1-2-9)8-11(16(10)23)17(24)25;/h7-9,20H,1-6H2,(H,24,25);1H. The van der Waals surface area contributed by atoms with Crippen LogP contribution < -0.4 is 15.6 Å². The molecule has 140 valence electrons. The van der Waals surface area contributed by atoms with Gasteiger partial charge in [0.2, 0.25) is 5.43 Å². The van der Waals surface area contributed by atoms with Crippen molar-refractivity contribution < 1.29 is 18.7 Å². The van der Waals surface area contributed by atoms with Gasteiger partial charge in [-0.25, -0.2) is 13.6 Å². The van der Waals surface area contributed by atoms with Gasteiger partial charge in [0, 0.05) is 38.4 Å². The van der Waals surface area contributed by atoms with Crippen LogP contribution in [0, 0.1) is 11.6 Å². The van der Waals surface area contributed by atoms with Gasteiger partial charge in [-0.3, -0.25) is 4.79 Å². The number of pyridine rings is 1. The Labute approximate surface area is 153 Å². The molecule has 1 aliphatic carbocycles. The molecule has 1 aromatic heterocycles. The van der Waals surface area contributed by atoms with Crippen molar-refractivity contribution in [2.45, 2.75) is 18.9 Å². The Hall–Kier alpha value is -2.19. The average Bonchev–Trinajstić information content (AvgIpc) is 3.41. The molecule has 0 bridgehead atoms. The minimum absolute atomic E-state index is 0. The first-order chi connectivity index (χ1) is 12.0.